The Morgan fingerprint density at radius 1 is 1.10 bits per heavy atom. The maximum atomic E-state index is 12.7. The molecular weight excluding hydrogens is 366 g/mol. The van der Waals surface area contributed by atoms with Gasteiger partial charge in [0.1, 0.15) is 12.2 Å². The Kier molecular flexibility index (Phi) is 5.72. The van der Waals surface area contributed by atoms with Gasteiger partial charge >= 0.3 is 5.97 Å². The number of hydrogen-bond acceptors (Lipinski definition) is 5. The van der Waals surface area contributed by atoms with Crippen molar-refractivity contribution < 1.29 is 19.0 Å². The summed E-state index contributed by atoms with van der Waals surface area (Å²) in [6, 6.07) is 19.6. The van der Waals surface area contributed by atoms with E-state index in [9.17, 15) is 4.79 Å². The molecule has 5 nitrogen and oxygen atoms in total. The van der Waals surface area contributed by atoms with Crippen molar-refractivity contribution in [3.8, 4) is 0 Å². The third-order valence-electron chi connectivity index (χ3n) is 5.76. The molecule has 2 aliphatic rings. The monoisotopic (exact) mass is 395 g/mol. The Hall–Kier alpha value is -2.21. The van der Waals surface area contributed by atoms with Crippen molar-refractivity contribution in [1.29, 1.82) is 0 Å². The Morgan fingerprint density at radius 3 is 2.45 bits per heavy atom. The summed E-state index contributed by atoms with van der Waals surface area (Å²) in [5.41, 5.74) is 1.82. The molecule has 0 radical (unpaired) electrons. The Balaban J connectivity index is 1.55. The number of ether oxygens (including phenoxy) is 3. The van der Waals surface area contributed by atoms with Crippen LogP contribution >= 0.6 is 0 Å². The molecule has 0 spiro atoms. The first-order valence-corrected chi connectivity index (χ1v) is 10.3. The molecule has 2 saturated heterocycles. The quantitative estimate of drug-likeness (QED) is 0.735. The first-order valence-electron chi connectivity index (χ1n) is 10.3. The second-order valence-corrected chi connectivity index (χ2v) is 8.49. The van der Waals surface area contributed by atoms with E-state index in [1.54, 1.807) is 12.1 Å². The van der Waals surface area contributed by atoms with Crippen LogP contribution in [0.1, 0.15) is 36.7 Å². The Bertz CT molecular complexity index is 823. The zero-order valence-corrected chi connectivity index (χ0v) is 17.3. The van der Waals surface area contributed by atoms with Gasteiger partial charge in [0.05, 0.1) is 18.2 Å². The van der Waals surface area contributed by atoms with Gasteiger partial charge in [0.25, 0.3) is 0 Å². The third-order valence-corrected chi connectivity index (χ3v) is 5.76. The molecular formula is C24H29NO4. The van der Waals surface area contributed by atoms with E-state index in [0.29, 0.717) is 12.2 Å². The van der Waals surface area contributed by atoms with Crippen LogP contribution in [0.5, 0.6) is 0 Å². The fraction of sp³-hybridized carbons (Fsp3) is 0.458. The van der Waals surface area contributed by atoms with Crippen molar-refractivity contribution in [2.75, 3.05) is 13.2 Å². The van der Waals surface area contributed by atoms with Gasteiger partial charge in [-0.1, -0.05) is 55.5 Å². The molecule has 29 heavy (non-hydrogen) atoms. The summed E-state index contributed by atoms with van der Waals surface area (Å²) in [5, 5.41) is 0. The highest BCUT2D eigenvalue weighted by atomic mass is 16.7. The van der Waals surface area contributed by atoms with Crippen LogP contribution in [0.25, 0.3) is 0 Å². The van der Waals surface area contributed by atoms with Crippen molar-refractivity contribution in [1.82, 2.24) is 4.90 Å². The Morgan fingerprint density at radius 2 is 1.76 bits per heavy atom. The number of rotatable bonds is 4. The van der Waals surface area contributed by atoms with Crippen LogP contribution in [-0.4, -0.2) is 48.1 Å². The largest absolute Gasteiger partial charge is 0.456 e. The maximum Gasteiger partial charge on any atom is 0.338 e. The van der Waals surface area contributed by atoms with Crippen molar-refractivity contribution in [3.05, 3.63) is 71.8 Å². The van der Waals surface area contributed by atoms with Crippen LogP contribution in [0, 0.1) is 5.92 Å². The summed E-state index contributed by atoms with van der Waals surface area (Å²) in [5.74, 6) is -0.860. The average molecular weight is 395 g/mol. The highest BCUT2D eigenvalue weighted by Crippen LogP contribution is 2.36. The molecule has 0 unspecified atom stereocenters. The van der Waals surface area contributed by atoms with Gasteiger partial charge < -0.3 is 14.2 Å². The SMILES string of the molecule is C[C@H]1CN(Cc2ccccc2)[C@@H]2COC(C)(C)O[C@H]2[C@@H]1OC(=O)c1ccccc1. The number of piperidine rings is 1. The van der Waals surface area contributed by atoms with E-state index in [0.717, 1.165) is 13.1 Å². The van der Waals surface area contributed by atoms with E-state index in [1.165, 1.54) is 5.56 Å². The fourth-order valence-electron chi connectivity index (χ4n) is 4.30. The highest BCUT2D eigenvalue weighted by molar-refractivity contribution is 5.89. The maximum absolute atomic E-state index is 12.7. The van der Waals surface area contributed by atoms with Crippen molar-refractivity contribution >= 4 is 5.97 Å². The molecule has 2 aromatic carbocycles. The van der Waals surface area contributed by atoms with Crippen LogP contribution in [0.2, 0.25) is 0 Å². The second kappa shape index (κ2) is 8.27. The summed E-state index contributed by atoms with van der Waals surface area (Å²) in [4.78, 5) is 15.1. The summed E-state index contributed by atoms with van der Waals surface area (Å²) in [7, 11) is 0. The molecule has 2 aromatic rings. The van der Waals surface area contributed by atoms with Crippen LogP contribution in [0.15, 0.2) is 60.7 Å². The molecule has 4 rings (SSSR count). The average Bonchev–Trinajstić information content (AvgIpc) is 2.71. The van der Waals surface area contributed by atoms with Crippen molar-refractivity contribution in [2.24, 2.45) is 5.92 Å². The predicted octanol–water partition coefficient (Wildman–Crippen LogP) is 3.88. The summed E-state index contributed by atoms with van der Waals surface area (Å²) in [6.45, 7) is 8.15. The number of carbonyl (C=O) groups excluding carboxylic acids is 1. The number of fused-ring (bicyclic) bond motifs is 1. The predicted molar refractivity (Wildman–Crippen MR) is 110 cm³/mol. The van der Waals surface area contributed by atoms with E-state index < -0.39 is 5.79 Å². The summed E-state index contributed by atoms with van der Waals surface area (Å²) >= 11 is 0. The van der Waals surface area contributed by atoms with Crippen molar-refractivity contribution in [2.45, 2.75) is 51.4 Å². The minimum atomic E-state index is -0.700. The molecule has 2 fully saturated rings. The molecule has 0 bridgehead atoms. The zero-order chi connectivity index (χ0) is 20.4. The van der Waals surface area contributed by atoms with Gasteiger partial charge in [0.15, 0.2) is 5.79 Å². The van der Waals surface area contributed by atoms with E-state index >= 15 is 0 Å². The molecule has 2 heterocycles. The van der Waals surface area contributed by atoms with Gasteiger partial charge in [-0.05, 0) is 31.5 Å². The second-order valence-electron chi connectivity index (χ2n) is 8.49. The fourth-order valence-corrected chi connectivity index (χ4v) is 4.30. The molecule has 0 aromatic heterocycles. The van der Waals surface area contributed by atoms with E-state index in [4.69, 9.17) is 14.2 Å². The van der Waals surface area contributed by atoms with E-state index in [-0.39, 0.29) is 30.1 Å². The standard InChI is InChI=1S/C24H29NO4/c1-17-14-25(15-18-10-6-4-7-11-18)20-16-27-24(2,3)29-22(20)21(17)28-23(26)19-12-8-5-9-13-19/h4-13,17,20-22H,14-16H2,1-3H3/t17-,20+,21+,22+/m0/s1. The van der Waals surface area contributed by atoms with Crippen LogP contribution < -0.4 is 0 Å². The van der Waals surface area contributed by atoms with Crippen LogP contribution in [0.4, 0.5) is 0 Å². The van der Waals surface area contributed by atoms with Gasteiger partial charge in [-0.2, -0.15) is 0 Å². The molecule has 0 saturated carbocycles. The van der Waals surface area contributed by atoms with Crippen LogP contribution in [0.3, 0.4) is 0 Å². The van der Waals surface area contributed by atoms with Gasteiger partial charge in [0, 0.05) is 19.0 Å². The first-order chi connectivity index (χ1) is 13.9. The molecule has 0 N–H and O–H groups in total. The minimum absolute atomic E-state index is 0.0352. The lowest BCUT2D eigenvalue weighted by atomic mass is 9.87. The topological polar surface area (TPSA) is 48.0 Å². The Labute approximate surface area is 172 Å². The lowest BCUT2D eigenvalue weighted by Crippen LogP contribution is -2.66. The molecule has 5 heteroatoms. The number of esters is 1. The normalized spacial score (nSPS) is 29.1. The third kappa shape index (κ3) is 4.53. The molecule has 0 amide bonds. The zero-order valence-electron chi connectivity index (χ0n) is 17.3. The smallest absolute Gasteiger partial charge is 0.338 e. The number of likely N-dealkylation sites (tertiary alicyclic amines) is 1. The molecule has 0 aliphatic carbocycles. The lowest BCUT2D eigenvalue weighted by Gasteiger charge is -2.52. The number of hydrogen-bond donors (Lipinski definition) is 0. The first kappa shape index (κ1) is 20.1. The van der Waals surface area contributed by atoms with E-state index in [2.05, 4.69) is 36.1 Å². The lowest BCUT2D eigenvalue weighted by molar-refractivity contribution is -0.322. The number of benzene rings is 2. The van der Waals surface area contributed by atoms with Crippen molar-refractivity contribution in [3.63, 3.8) is 0 Å². The van der Waals surface area contributed by atoms with Gasteiger partial charge in [-0.3, -0.25) is 4.90 Å². The number of nitrogens with zero attached hydrogens (tertiary/aromatic N) is 1. The van der Waals surface area contributed by atoms with Gasteiger partial charge in [-0.15, -0.1) is 0 Å². The molecule has 4 atom stereocenters. The van der Waals surface area contributed by atoms with Gasteiger partial charge in [0.2, 0.25) is 0 Å². The number of carbonyl (C=O) groups is 1. The highest BCUT2D eigenvalue weighted by Gasteiger charge is 2.50. The summed E-state index contributed by atoms with van der Waals surface area (Å²) in [6.07, 6.45) is -0.554. The van der Waals surface area contributed by atoms with Gasteiger partial charge in [-0.25, -0.2) is 4.79 Å². The molecule has 2 aliphatic heterocycles. The van der Waals surface area contributed by atoms with E-state index in [1.807, 2.05) is 38.1 Å². The minimum Gasteiger partial charge on any atom is -0.456 e. The molecule has 154 valence electrons. The van der Waals surface area contributed by atoms with Crippen LogP contribution in [-0.2, 0) is 20.8 Å². The summed E-state index contributed by atoms with van der Waals surface area (Å²) < 4.78 is 18.3.